The molecule has 0 atom stereocenters. The molecular weight excluding hydrogens is 252 g/mol. The number of nitrogens with two attached hydrogens (primary N) is 1. The van der Waals surface area contributed by atoms with E-state index in [9.17, 15) is 0 Å². The van der Waals surface area contributed by atoms with Gasteiger partial charge in [-0.3, -0.25) is 4.98 Å². The summed E-state index contributed by atoms with van der Waals surface area (Å²) in [5.41, 5.74) is 7.90. The Morgan fingerprint density at radius 2 is 1.95 bits per heavy atom. The van der Waals surface area contributed by atoms with Crippen LogP contribution in [0, 0.1) is 6.92 Å². The van der Waals surface area contributed by atoms with Crippen LogP contribution in [0.15, 0.2) is 18.5 Å². The molecule has 106 valence electrons. The van der Waals surface area contributed by atoms with Gasteiger partial charge in [-0.15, -0.1) is 0 Å². The van der Waals surface area contributed by atoms with Crippen LogP contribution in [0.25, 0.3) is 0 Å². The third-order valence-corrected chi connectivity index (χ3v) is 3.06. The summed E-state index contributed by atoms with van der Waals surface area (Å²) in [5.74, 6) is 2.54. The second-order valence-corrected chi connectivity index (χ2v) is 4.99. The zero-order valence-corrected chi connectivity index (χ0v) is 12.3. The molecule has 0 radical (unpaired) electrons. The molecule has 5 heteroatoms. The molecule has 0 unspecified atom stereocenters. The normalized spacial score (nSPS) is 10.8. The summed E-state index contributed by atoms with van der Waals surface area (Å²) < 4.78 is 5.91. The molecule has 5 nitrogen and oxygen atoms in total. The Labute approximate surface area is 119 Å². The number of rotatable bonds is 4. The average Bonchev–Trinajstić information content (AvgIpc) is 2.41. The number of hydrogen-bond donors (Lipinski definition) is 1. The first-order valence-electron chi connectivity index (χ1n) is 6.77. The van der Waals surface area contributed by atoms with Gasteiger partial charge < -0.3 is 10.5 Å². The van der Waals surface area contributed by atoms with E-state index in [0.29, 0.717) is 23.3 Å². The maximum Gasteiger partial charge on any atom is 0.187 e. The van der Waals surface area contributed by atoms with Crippen molar-refractivity contribution in [1.29, 1.82) is 0 Å². The minimum Gasteiger partial charge on any atom is -0.451 e. The standard InChI is InChI=1S/C15H20N4O/c1-5-11-6-13(12(7-18-11)9(2)3)20-14-8-17-10(4)19-15(14)16/h6-9H,5H2,1-4H3,(H2,16,17,19). The lowest BCUT2D eigenvalue weighted by Gasteiger charge is -2.15. The van der Waals surface area contributed by atoms with Crippen LogP contribution in [0.5, 0.6) is 11.5 Å². The van der Waals surface area contributed by atoms with Gasteiger partial charge in [0.25, 0.3) is 0 Å². The lowest BCUT2D eigenvalue weighted by atomic mass is 10.0. The predicted octanol–water partition coefficient (Wildman–Crippen LogP) is 3.24. The van der Waals surface area contributed by atoms with Crippen LogP contribution in [0.1, 0.15) is 43.8 Å². The zero-order valence-electron chi connectivity index (χ0n) is 12.3. The Morgan fingerprint density at radius 1 is 1.20 bits per heavy atom. The van der Waals surface area contributed by atoms with Crippen molar-refractivity contribution in [2.24, 2.45) is 0 Å². The van der Waals surface area contributed by atoms with E-state index in [-0.39, 0.29) is 0 Å². The van der Waals surface area contributed by atoms with Crippen LogP contribution in [0.4, 0.5) is 5.82 Å². The summed E-state index contributed by atoms with van der Waals surface area (Å²) >= 11 is 0. The Hall–Kier alpha value is -2.17. The molecule has 2 aromatic heterocycles. The molecule has 0 aromatic carbocycles. The van der Waals surface area contributed by atoms with Gasteiger partial charge in [0.05, 0.1) is 6.20 Å². The van der Waals surface area contributed by atoms with Crippen molar-refractivity contribution in [3.8, 4) is 11.5 Å². The van der Waals surface area contributed by atoms with E-state index < -0.39 is 0 Å². The monoisotopic (exact) mass is 272 g/mol. The lowest BCUT2D eigenvalue weighted by molar-refractivity contribution is 0.468. The van der Waals surface area contributed by atoms with E-state index >= 15 is 0 Å². The van der Waals surface area contributed by atoms with Crippen molar-refractivity contribution in [2.45, 2.75) is 40.0 Å². The summed E-state index contributed by atoms with van der Waals surface area (Å²) in [6, 6.07) is 1.95. The number of pyridine rings is 1. The quantitative estimate of drug-likeness (QED) is 0.924. The minimum absolute atomic E-state index is 0.316. The highest BCUT2D eigenvalue weighted by Crippen LogP contribution is 2.32. The molecule has 2 heterocycles. The maximum atomic E-state index is 5.91. The second kappa shape index (κ2) is 5.86. The molecule has 0 fully saturated rings. The molecule has 0 aliphatic carbocycles. The van der Waals surface area contributed by atoms with Crippen molar-refractivity contribution < 1.29 is 4.74 Å². The maximum absolute atomic E-state index is 5.91. The molecule has 2 N–H and O–H groups in total. The SMILES string of the molecule is CCc1cc(Oc2cnc(C)nc2N)c(C(C)C)cn1. The van der Waals surface area contributed by atoms with Crippen molar-refractivity contribution in [2.75, 3.05) is 5.73 Å². The van der Waals surface area contributed by atoms with Crippen LogP contribution >= 0.6 is 0 Å². The van der Waals surface area contributed by atoms with Crippen LogP contribution < -0.4 is 10.5 Å². The highest BCUT2D eigenvalue weighted by atomic mass is 16.5. The fourth-order valence-corrected chi connectivity index (χ4v) is 1.88. The van der Waals surface area contributed by atoms with Crippen molar-refractivity contribution in [3.05, 3.63) is 35.5 Å². The molecule has 0 spiro atoms. The van der Waals surface area contributed by atoms with Gasteiger partial charge >= 0.3 is 0 Å². The third kappa shape index (κ3) is 3.04. The van der Waals surface area contributed by atoms with Gasteiger partial charge in [0.1, 0.15) is 11.6 Å². The minimum atomic E-state index is 0.316. The molecule has 20 heavy (non-hydrogen) atoms. The molecule has 0 amide bonds. The molecule has 0 aliphatic heterocycles. The van der Waals surface area contributed by atoms with Gasteiger partial charge in [0.2, 0.25) is 0 Å². The lowest BCUT2D eigenvalue weighted by Crippen LogP contribution is -2.02. The molecule has 0 bridgehead atoms. The van der Waals surface area contributed by atoms with Gasteiger partial charge in [-0.05, 0) is 19.3 Å². The van der Waals surface area contributed by atoms with Crippen LogP contribution in [-0.2, 0) is 6.42 Å². The number of anilines is 1. The first-order valence-corrected chi connectivity index (χ1v) is 6.77. The summed E-state index contributed by atoms with van der Waals surface area (Å²) in [6.45, 7) is 8.06. The third-order valence-electron chi connectivity index (χ3n) is 3.06. The summed E-state index contributed by atoms with van der Waals surface area (Å²) in [6.07, 6.45) is 4.33. The van der Waals surface area contributed by atoms with Crippen molar-refractivity contribution in [1.82, 2.24) is 15.0 Å². The highest BCUT2D eigenvalue weighted by Gasteiger charge is 2.13. The molecular formula is C15H20N4O. The average molecular weight is 272 g/mol. The largest absolute Gasteiger partial charge is 0.451 e. The van der Waals surface area contributed by atoms with Crippen molar-refractivity contribution >= 4 is 5.82 Å². The van der Waals surface area contributed by atoms with E-state index in [1.807, 2.05) is 12.3 Å². The Morgan fingerprint density at radius 3 is 2.55 bits per heavy atom. The number of hydrogen-bond acceptors (Lipinski definition) is 5. The number of ether oxygens (including phenoxy) is 1. The van der Waals surface area contributed by atoms with Gasteiger partial charge in [-0.25, -0.2) is 9.97 Å². The van der Waals surface area contributed by atoms with E-state index in [4.69, 9.17) is 10.5 Å². The van der Waals surface area contributed by atoms with Gasteiger partial charge in [0, 0.05) is 23.5 Å². The topological polar surface area (TPSA) is 73.9 Å². The Balaban J connectivity index is 2.40. The zero-order chi connectivity index (χ0) is 14.7. The molecule has 0 saturated heterocycles. The fraction of sp³-hybridized carbons (Fsp3) is 0.400. The van der Waals surface area contributed by atoms with Crippen molar-refractivity contribution in [3.63, 3.8) is 0 Å². The van der Waals surface area contributed by atoms with E-state index in [0.717, 1.165) is 23.4 Å². The number of nitrogen functional groups attached to an aromatic ring is 1. The summed E-state index contributed by atoms with van der Waals surface area (Å²) in [7, 11) is 0. The number of aryl methyl sites for hydroxylation is 2. The molecule has 2 aromatic rings. The van der Waals surface area contributed by atoms with E-state index in [2.05, 4.69) is 35.7 Å². The van der Waals surface area contributed by atoms with Crippen LogP contribution in [-0.4, -0.2) is 15.0 Å². The number of nitrogens with zero attached hydrogens (tertiary/aromatic N) is 3. The summed E-state index contributed by atoms with van der Waals surface area (Å²) in [4.78, 5) is 12.6. The van der Waals surface area contributed by atoms with Crippen LogP contribution in [0.3, 0.4) is 0 Å². The Kier molecular flexibility index (Phi) is 4.17. The molecule has 2 rings (SSSR count). The van der Waals surface area contributed by atoms with E-state index in [1.54, 1.807) is 13.1 Å². The summed E-state index contributed by atoms with van der Waals surface area (Å²) in [5, 5.41) is 0. The first-order chi connectivity index (χ1) is 9.51. The number of aromatic nitrogens is 3. The predicted molar refractivity (Wildman–Crippen MR) is 79.0 cm³/mol. The van der Waals surface area contributed by atoms with Gasteiger partial charge in [0.15, 0.2) is 11.6 Å². The van der Waals surface area contributed by atoms with Gasteiger partial charge in [-0.1, -0.05) is 20.8 Å². The molecule has 0 aliphatic rings. The second-order valence-electron chi connectivity index (χ2n) is 4.99. The van der Waals surface area contributed by atoms with Crippen LogP contribution in [0.2, 0.25) is 0 Å². The Bertz CT molecular complexity index is 611. The van der Waals surface area contributed by atoms with Gasteiger partial charge in [-0.2, -0.15) is 0 Å². The highest BCUT2D eigenvalue weighted by molar-refractivity contribution is 5.48. The fourth-order valence-electron chi connectivity index (χ4n) is 1.88. The molecule has 0 saturated carbocycles. The van der Waals surface area contributed by atoms with E-state index in [1.165, 1.54) is 0 Å². The first kappa shape index (κ1) is 14.2. The smallest absolute Gasteiger partial charge is 0.187 e.